The van der Waals surface area contributed by atoms with Gasteiger partial charge in [-0.1, -0.05) is 115 Å². The van der Waals surface area contributed by atoms with Gasteiger partial charge in [0.15, 0.2) is 11.6 Å². The average Bonchev–Trinajstić information content (AvgIpc) is 3.37. The zero-order chi connectivity index (χ0) is 24.6. The Morgan fingerprint density at radius 2 is 1.30 bits per heavy atom. The van der Waals surface area contributed by atoms with Crippen molar-refractivity contribution in [1.82, 2.24) is 15.0 Å². The molecule has 0 aliphatic heterocycles. The van der Waals surface area contributed by atoms with Gasteiger partial charge in [-0.2, -0.15) is 0 Å². The highest BCUT2D eigenvalue weighted by Crippen LogP contribution is 2.36. The van der Waals surface area contributed by atoms with Crippen LogP contribution in [0.4, 0.5) is 0 Å². The molecule has 7 rings (SSSR count). The minimum Gasteiger partial charge on any atom is -0.455 e. The van der Waals surface area contributed by atoms with Crippen LogP contribution in [0.3, 0.4) is 0 Å². The third-order valence-electron chi connectivity index (χ3n) is 6.86. The number of aromatic nitrogens is 3. The first-order valence-corrected chi connectivity index (χ1v) is 12.5. The molecule has 37 heavy (non-hydrogen) atoms. The Labute approximate surface area is 214 Å². The van der Waals surface area contributed by atoms with Gasteiger partial charge in [0.2, 0.25) is 0 Å². The lowest BCUT2D eigenvalue weighted by Gasteiger charge is -2.14. The standard InChI is InChI=1S/C33H23N3O/c1-3-10-23(11-4-1)31-34-32(24-12-5-2-6-13-24)36-33(35-31)25-20-18-22(19-21-25)26-15-9-16-28-27-14-7-8-17-29(27)37-30(26)28/h1-12,14-21,24H,13H2. The number of para-hydroxylation sites is 2. The topological polar surface area (TPSA) is 51.8 Å². The summed E-state index contributed by atoms with van der Waals surface area (Å²) in [6, 6.07) is 33.0. The number of hydrogen-bond acceptors (Lipinski definition) is 4. The highest BCUT2D eigenvalue weighted by molar-refractivity contribution is 6.09. The second-order valence-electron chi connectivity index (χ2n) is 9.22. The molecule has 1 aliphatic rings. The molecule has 0 radical (unpaired) electrons. The quantitative estimate of drug-likeness (QED) is 0.256. The van der Waals surface area contributed by atoms with Crippen molar-refractivity contribution in [3.8, 4) is 33.9 Å². The van der Waals surface area contributed by atoms with Gasteiger partial charge in [0.05, 0.1) is 0 Å². The molecule has 0 saturated carbocycles. The van der Waals surface area contributed by atoms with Crippen molar-refractivity contribution in [2.75, 3.05) is 0 Å². The van der Waals surface area contributed by atoms with Crippen molar-refractivity contribution in [2.45, 2.75) is 12.3 Å². The van der Waals surface area contributed by atoms with Gasteiger partial charge in [-0.05, 0) is 18.1 Å². The summed E-state index contributed by atoms with van der Waals surface area (Å²) in [6.45, 7) is 0. The maximum absolute atomic E-state index is 6.26. The smallest absolute Gasteiger partial charge is 0.163 e. The van der Waals surface area contributed by atoms with E-state index < -0.39 is 0 Å². The fourth-order valence-corrected chi connectivity index (χ4v) is 4.95. The highest BCUT2D eigenvalue weighted by Gasteiger charge is 2.17. The molecule has 1 unspecified atom stereocenters. The van der Waals surface area contributed by atoms with E-state index in [1.807, 2.05) is 48.5 Å². The zero-order valence-electron chi connectivity index (χ0n) is 20.1. The predicted molar refractivity (Wildman–Crippen MR) is 149 cm³/mol. The van der Waals surface area contributed by atoms with Gasteiger partial charge in [-0.3, -0.25) is 0 Å². The van der Waals surface area contributed by atoms with E-state index in [0.717, 1.165) is 56.4 Å². The summed E-state index contributed by atoms with van der Waals surface area (Å²) in [5.74, 6) is 2.31. The monoisotopic (exact) mass is 477 g/mol. The second kappa shape index (κ2) is 8.99. The number of hydrogen-bond donors (Lipinski definition) is 0. The maximum Gasteiger partial charge on any atom is 0.163 e. The van der Waals surface area contributed by atoms with Gasteiger partial charge in [-0.25, -0.2) is 15.0 Å². The molecule has 4 heteroatoms. The van der Waals surface area contributed by atoms with Gasteiger partial charge in [-0.15, -0.1) is 0 Å². The average molecular weight is 478 g/mol. The van der Waals surface area contributed by atoms with E-state index in [9.17, 15) is 0 Å². The van der Waals surface area contributed by atoms with Gasteiger partial charge in [0.1, 0.15) is 17.0 Å². The first-order valence-electron chi connectivity index (χ1n) is 12.5. The molecule has 6 aromatic rings. The van der Waals surface area contributed by atoms with Crippen LogP contribution in [0.5, 0.6) is 0 Å². The molecule has 1 aliphatic carbocycles. The summed E-state index contributed by atoms with van der Waals surface area (Å²) in [7, 11) is 0. The number of fused-ring (bicyclic) bond motifs is 3. The molecule has 176 valence electrons. The molecular formula is C33H23N3O. The summed E-state index contributed by atoms with van der Waals surface area (Å²) < 4.78 is 6.26. The summed E-state index contributed by atoms with van der Waals surface area (Å²) in [5.41, 5.74) is 5.90. The van der Waals surface area contributed by atoms with E-state index in [-0.39, 0.29) is 5.92 Å². The molecule has 4 aromatic carbocycles. The SMILES string of the molecule is C1=CCC(c2nc(-c3ccccc3)nc(-c3ccc(-c4cccc5c4oc4ccccc45)cc3)n2)C=C1. The Hall–Kier alpha value is -4.83. The maximum atomic E-state index is 6.26. The summed E-state index contributed by atoms with van der Waals surface area (Å²) >= 11 is 0. The molecule has 0 spiro atoms. The van der Waals surface area contributed by atoms with Gasteiger partial charge in [0.25, 0.3) is 0 Å². The van der Waals surface area contributed by atoms with E-state index in [4.69, 9.17) is 19.4 Å². The van der Waals surface area contributed by atoms with Crippen LogP contribution in [0.2, 0.25) is 0 Å². The number of allylic oxidation sites excluding steroid dienone is 4. The van der Waals surface area contributed by atoms with E-state index in [0.29, 0.717) is 11.6 Å². The fraction of sp³-hybridized carbons (Fsp3) is 0.0606. The van der Waals surface area contributed by atoms with Crippen LogP contribution in [-0.2, 0) is 0 Å². The summed E-state index contributed by atoms with van der Waals surface area (Å²) in [6.07, 6.45) is 9.33. The number of nitrogens with zero attached hydrogens (tertiary/aromatic N) is 3. The van der Waals surface area contributed by atoms with Crippen molar-refractivity contribution in [2.24, 2.45) is 0 Å². The first kappa shape index (κ1) is 21.5. The molecule has 0 N–H and O–H groups in total. The lowest BCUT2D eigenvalue weighted by molar-refractivity contribution is 0.670. The Bertz CT molecular complexity index is 1800. The van der Waals surface area contributed by atoms with E-state index in [2.05, 4.69) is 72.8 Å². The van der Waals surface area contributed by atoms with E-state index in [1.54, 1.807) is 0 Å². The van der Waals surface area contributed by atoms with Crippen molar-refractivity contribution < 1.29 is 4.42 Å². The Morgan fingerprint density at radius 3 is 2.08 bits per heavy atom. The molecule has 0 saturated heterocycles. The van der Waals surface area contributed by atoms with Crippen LogP contribution in [0.1, 0.15) is 18.2 Å². The fourth-order valence-electron chi connectivity index (χ4n) is 4.95. The largest absolute Gasteiger partial charge is 0.455 e. The molecule has 0 amide bonds. The third-order valence-corrected chi connectivity index (χ3v) is 6.86. The van der Waals surface area contributed by atoms with Gasteiger partial charge < -0.3 is 4.42 Å². The Kier molecular flexibility index (Phi) is 5.21. The van der Waals surface area contributed by atoms with Crippen LogP contribution in [-0.4, -0.2) is 15.0 Å². The molecule has 4 nitrogen and oxygen atoms in total. The van der Waals surface area contributed by atoms with Crippen molar-refractivity contribution in [1.29, 1.82) is 0 Å². The van der Waals surface area contributed by atoms with Crippen molar-refractivity contribution in [3.05, 3.63) is 127 Å². The zero-order valence-corrected chi connectivity index (χ0v) is 20.1. The van der Waals surface area contributed by atoms with Crippen LogP contribution in [0.25, 0.3) is 55.8 Å². The van der Waals surface area contributed by atoms with Crippen LogP contribution < -0.4 is 0 Å². The van der Waals surface area contributed by atoms with Gasteiger partial charge >= 0.3 is 0 Å². The summed E-state index contributed by atoms with van der Waals surface area (Å²) in [4.78, 5) is 14.6. The number of benzene rings is 4. The van der Waals surface area contributed by atoms with Crippen molar-refractivity contribution in [3.63, 3.8) is 0 Å². The third kappa shape index (κ3) is 3.93. The normalized spacial score (nSPS) is 15.0. The minimum absolute atomic E-state index is 0.138. The molecule has 0 fully saturated rings. The minimum atomic E-state index is 0.138. The molecule has 2 aromatic heterocycles. The highest BCUT2D eigenvalue weighted by atomic mass is 16.3. The predicted octanol–water partition coefficient (Wildman–Crippen LogP) is 8.37. The number of rotatable bonds is 4. The molecule has 0 bridgehead atoms. The van der Waals surface area contributed by atoms with Crippen LogP contribution >= 0.6 is 0 Å². The Balaban J connectivity index is 1.31. The lowest BCUT2D eigenvalue weighted by atomic mass is 9.99. The summed E-state index contributed by atoms with van der Waals surface area (Å²) in [5, 5.41) is 2.26. The van der Waals surface area contributed by atoms with Crippen LogP contribution in [0.15, 0.2) is 126 Å². The van der Waals surface area contributed by atoms with Crippen LogP contribution in [0, 0.1) is 0 Å². The second-order valence-corrected chi connectivity index (χ2v) is 9.22. The molecule has 1 atom stereocenters. The van der Waals surface area contributed by atoms with Gasteiger partial charge in [0, 0.05) is 33.4 Å². The first-order chi connectivity index (χ1) is 18.3. The number of furan rings is 1. The lowest BCUT2D eigenvalue weighted by Crippen LogP contribution is -2.07. The molecular weight excluding hydrogens is 454 g/mol. The molecule has 2 heterocycles. The Morgan fingerprint density at radius 1 is 0.595 bits per heavy atom. The van der Waals surface area contributed by atoms with E-state index in [1.165, 1.54) is 0 Å². The van der Waals surface area contributed by atoms with Crippen molar-refractivity contribution >= 4 is 21.9 Å². The van der Waals surface area contributed by atoms with E-state index >= 15 is 0 Å².